The Morgan fingerprint density at radius 2 is 2.31 bits per heavy atom. The summed E-state index contributed by atoms with van der Waals surface area (Å²) >= 11 is 3.88. The van der Waals surface area contributed by atoms with E-state index in [1.165, 1.54) is 17.7 Å². The lowest BCUT2D eigenvalue weighted by atomic mass is 10.3. The maximum atomic E-state index is 9.14. The van der Waals surface area contributed by atoms with Gasteiger partial charge < -0.3 is 10.1 Å². The van der Waals surface area contributed by atoms with Crippen LogP contribution in [0.4, 0.5) is 0 Å². The van der Waals surface area contributed by atoms with Crippen LogP contribution in [0, 0.1) is 0 Å². The van der Waals surface area contributed by atoms with Gasteiger partial charge in [-0.1, -0.05) is 6.92 Å². The fraction of sp³-hybridized carbons (Fsp3) is 0.625. The van der Waals surface area contributed by atoms with E-state index in [9.17, 15) is 0 Å². The summed E-state index contributed by atoms with van der Waals surface area (Å²) in [5.41, 5.74) is 0. The number of thioether (sulfide) groups is 2. The molecule has 1 saturated heterocycles. The molecule has 0 radical (unpaired) electrons. The highest BCUT2D eigenvalue weighted by Gasteiger charge is 2.26. The molecule has 2 atom stereocenters. The molecule has 0 aliphatic carbocycles. The third-order valence-electron chi connectivity index (χ3n) is 2.04. The van der Waals surface area contributed by atoms with Crippen molar-refractivity contribution in [3.63, 3.8) is 0 Å². The number of nitrogens with one attached hydrogen (secondary N) is 1. The normalized spacial score (nSPS) is 29.0. The molecule has 1 aromatic rings. The van der Waals surface area contributed by atoms with Crippen LogP contribution in [0.15, 0.2) is 6.20 Å². The van der Waals surface area contributed by atoms with Crippen LogP contribution in [0.3, 0.4) is 0 Å². The van der Waals surface area contributed by atoms with Crippen molar-refractivity contribution in [1.29, 1.82) is 0 Å². The van der Waals surface area contributed by atoms with E-state index in [1.807, 2.05) is 23.5 Å². The number of aromatic nitrogens is 2. The van der Waals surface area contributed by atoms with Crippen LogP contribution in [-0.4, -0.2) is 31.8 Å². The topological polar surface area (TPSA) is 48.9 Å². The van der Waals surface area contributed by atoms with Crippen molar-refractivity contribution >= 4 is 23.5 Å². The molecule has 2 N–H and O–H groups in total. The van der Waals surface area contributed by atoms with Gasteiger partial charge in [0, 0.05) is 16.8 Å². The van der Waals surface area contributed by atoms with Gasteiger partial charge in [-0.15, -0.1) is 11.8 Å². The zero-order chi connectivity index (χ0) is 9.26. The van der Waals surface area contributed by atoms with E-state index in [-0.39, 0.29) is 5.88 Å². The highest BCUT2D eigenvalue weighted by Crippen LogP contribution is 2.41. The molecule has 2 rings (SSSR count). The van der Waals surface area contributed by atoms with Crippen molar-refractivity contribution in [2.45, 2.75) is 17.4 Å². The molecule has 0 saturated carbocycles. The van der Waals surface area contributed by atoms with Gasteiger partial charge in [-0.25, -0.2) is 4.98 Å². The number of hydrogen-bond acceptors (Lipinski definition) is 4. The number of H-pyrrole nitrogens is 1. The summed E-state index contributed by atoms with van der Waals surface area (Å²) in [6, 6.07) is 0. The minimum absolute atomic E-state index is 0.165. The van der Waals surface area contributed by atoms with E-state index in [2.05, 4.69) is 16.9 Å². The third-order valence-corrected chi connectivity index (χ3v) is 5.14. The Morgan fingerprint density at radius 1 is 1.54 bits per heavy atom. The van der Waals surface area contributed by atoms with Gasteiger partial charge in [0.15, 0.2) is 0 Å². The lowest BCUT2D eigenvalue weighted by molar-refractivity contribution is 0.455. The van der Waals surface area contributed by atoms with E-state index < -0.39 is 0 Å². The first-order valence-corrected chi connectivity index (χ1v) is 6.34. The standard InChI is InChI=1S/C8H12N2OS2/c1-5-7(13-3-2-12-5)8-9-4-6(11)10-8/h4-5,7,11H,2-3H2,1H3,(H,9,10). The van der Waals surface area contributed by atoms with E-state index in [0.29, 0.717) is 10.5 Å². The molecule has 0 aromatic carbocycles. The Bertz CT molecular complexity index is 289. The van der Waals surface area contributed by atoms with E-state index in [0.717, 1.165) is 5.82 Å². The molecule has 5 heteroatoms. The Hall–Kier alpha value is -0.290. The Kier molecular flexibility index (Phi) is 2.74. The van der Waals surface area contributed by atoms with Gasteiger partial charge in [-0.3, -0.25) is 0 Å². The zero-order valence-electron chi connectivity index (χ0n) is 7.36. The molecular weight excluding hydrogens is 204 g/mol. The average molecular weight is 216 g/mol. The molecule has 2 unspecified atom stereocenters. The number of aromatic amines is 1. The Labute approximate surface area is 85.7 Å². The van der Waals surface area contributed by atoms with Crippen molar-refractivity contribution in [1.82, 2.24) is 9.97 Å². The van der Waals surface area contributed by atoms with Gasteiger partial charge in [-0.2, -0.15) is 11.8 Å². The van der Waals surface area contributed by atoms with E-state index in [1.54, 1.807) is 0 Å². The molecular formula is C8H12N2OS2. The second-order valence-corrected chi connectivity index (χ2v) is 5.76. The predicted molar refractivity (Wildman–Crippen MR) is 57.4 cm³/mol. The maximum Gasteiger partial charge on any atom is 0.208 e. The second kappa shape index (κ2) is 3.84. The minimum Gasteiger partial charge on any atom is -0.493 e. The van der Waals surface area contributed by atoms with Crippen LogP contribution < -0.4 is 0 Å². The first-order valence-electron chi connectivity index (χ1n) is 4.24. The summed E-state index contributed by atoms with van der Waals surface area (Å²) in [5.74, 6) is 3.46. The molecule has 3 nitrogen and oxygen atoms in total. The quantitative estimate of drug-likeness (QED) is 0.754. The molecule has 0 bridgehead atoms. The van der Waals surface area contributed by atoms with Gasteiger partial charge in [0.2, 0.25) is 5.88 Å². The van der Waals surface area contributed by atoms with Crippen molar-refractivity contribution in [3.05, 3.63) is 12.0 Å². The molecule has 13 heavy (non-hydrogen) atoms. The molecule has 2 heterocycles. The smallest absolute Gasteiger partial charge is 0.208 e. The highest BCUT2D eigenvalue weighted by molar-refractivity contribution is 8.06. The molecule has 72 valence electrons. The fourth-order valence-corrected chi connectivity index (χ4v) is 4.12. The molecule has 1 aromatic heterocycles. The Balaban J connectivity index is 2.14. The first-order chi connectivity index (χ1) is 6.27. The Morgan fingerprint density at radius 3 is 2.92 bits per heavy atom. The largest absolute Gasteiger partial charge is 0.493 e. The van der Waals surface area contributed by atoms with Crippen LogP contribution in [0.1, 0.15) is 18.0 Å². The van der Waals surface area contributed by atoms with E-state index >= 15 is 0 Å². The molecule has 1 fully saturated rings. The van der Waals surface area contributed by atoms with Crippen LogP contribution in [0.5, 0.6) is 5.88 Å². The monoisotopic (exact) mass is 216 g/mol. The van der Waals surface area contributed by atoms with Crippen LogP contribution in [0.25, 0.3) is 0 Å². The average Bonchev–Trinajstić information content (AvgIpc) is 2.53. The third kappa shape index (κ3) is 1.96. The van der Waals surface area contributed by atoms with Crippen molar-refractivity contribution < 1.29 is 5.11 Å². The lowest BCUT2D eigenvalue weighted by Gasteiger charge is -2.25. The number of hydrogen-bond donors (Lipinski definition) is 2. The SMILES string of the molecule is CC1SCCSC1c1ncc(O)[nH]1. The number of rotatable bonds is 1. The summed E-state index contributed by atoms with van der Waals surface area (Å²) in [6.07, 6.45) is 1.47. The van der Waals surface area contributed by atoms with Crippen LogP contribution in [0.2, 0.25) is 0 Å². The van der Waals surface area contributed by atoms with Gasteiger partial charge in [0.25, 0.3) is 0 Å². The summed E-state index contributed by atoms with van der Waals surface area (Å²) in [7, 11) is 0. The van der Waals surface area contributed by atoms with Gasteiger partial charge in [0.1, 0.15) is 5.82 Å². The summed E-state index contributed by atoms with van der Waals surface area (Å²) in [6.45, 7) is 2.21. The first kappa shape index (κ1) is 9.27. The van der Waals surface area contributed by atoms with Gasteiger partial charge in [-0.05, 0) is 0 Å². The second-order valence-electron chi connectivity index (χ2n) is 3.02. The zero-order valence-corrected chi connectivity index (χ0v) is 8.99. The lowest BCUT2D eigenvalue weighted by Crippen LogP contribution is -2.16. The van der Waals surface area contributed by atoms with E-state index in [4.69, 9.17) is 5.11 Å². The molecule has 1 aliphatic heterocycles. The van der Waals surface area contributed by atoms with Crippen LogP contribution in [-0.2, 0) is 0 Å². The maximum absolute atomic E-state index is 9.14. The van der Waals surface area contributed by atoms with Gasteiger partial charge >= 0.3 is 0 Å². The predicted octanol–water partition coefficient (Wildman–Crippen LogP) is 2.02. The molecule has 0 amide bonds. The summed E-state index contributed by atoms with van der Waals surface area (Å²) in [4.78, 5) is 7.04. The summed E-state index contributed by atoms with van der Waals surface area (Å²) < 4.78 is 0. The summed E-state index contributed by atoms with van der Waals surface area (Å²) in [5, 5.41) is 10.1. The van der Waals surface area contributed by atoms with Crippen molar-refractivity contribution in [3.8, 4) is 5.88 Å². The number of aromatic hydroxyl groups is 1. The fourth-order valence-electron chi connectivity index (χ4n) is 1.40. The minimum atomic E-state index is 0.165. The molecule has 1 aliphatic rings. The van der Waals surface area contributed by atoms with Crippen LogP contribution >= 0.6 is 23.5 Å². The van der Waals surface area contributed by atoms with Gasteiger partial charge in [0.05, 0.1) is 11.4 Å². The highest BCUT2D eigenvalue weighted by atomic mass is 32.2. The van der Waals surface area contributed by atoms with Crippen molar-refractivity contribution in [2.75, 3.05) is 11.5 Å². The molecule has 0 spiro atoms. The van der Waals surface area contributed by atoms with Crippen molar-refractivity contribution in [2.24, 2.45) is 0 Å². The number of imidazole rings is 1. The number of nitrogens with zero attached hydrogens (tertiary/aromatic N) is 1.